The summed E-state index contributed by atoms with van der Waals surface area (Å²) in [6.07, 6.45) is 42.4. The molecule has 0 bridgehead atoms. The smallest absolute Gasteiger partial charge is 0.404 e. The van der Waals surface area contributed by atoms with E-state index in [0.29, 0.717) is 19.0 Å². The van der Waals surface area contributed by atoms with Crippen LogP contribution in [0.5, 0.6) is 5.75 Å². The van der Waals surface area contributed by atoms with Crippen LogP contribution in [0.2, 0.25) is 0 Å². The molecule has 1 aromatic carbocycles. The van der Waals surface area contributed by atoms with E-state index >= 15 is 0 Å². The minimum Gasteiger partial charge on any atom is -0.404 e. The quantitative estimate of drug-likeness (QED) is 0.0494. The Balaban J connectivity index is 2.43. The van der Waals surface area contributed by atoms with Crippen molar-refractivity contribution < 1.29 is 18.1 Å². The Labute approximate surface area is 344 Å². The van der Waals surface area contributed by atoms with Crippen molar-refractivity contribution in [3.8, 4) is 5.75 Å². The van der Waals surface area contributed by atoms with Gasteiger partial charge in [0.05, 0.1) is 13.2 Å². The summed E-state index contributed by atoms with van der Waals surface area (Å²) in [5.41, 5.74) is 2.20. The largest absolute Gasteiger partial charge is 0.530 e. The summed E-state index contributed by atoms with van der Waals surface area (Å²) in [5, 5.41) is 0. The zero-order chi connectivity index (χ0) is 40.5. The van der Waals surface area contributed by atoms with Gasteiger partial charge in [0.1, 0.15) is 5.75 Å². The van der Waals surface area contributed by atoms with Crippen LogP contribution in [0.15, 0.2) is 18.2 Å². The van der Waals surface area contributed by atoms with Gasteiger partial charge in [-0.2, -0.15) is 0 Å². The van der Waals surface area contributed by atoms with Crippen molar-refractivity contribution in [2.75, 3.05) is 13.2 Å². The van der Waals surface area contributed by atoms with Gasteiger partial charge in [-0.25, -0.2) is 4.57 Å². The first-order chi connectivity index (χ1) is 26.4. The molecule has 4 nitrogen and oxygen atoms in total. The lowest BCUT2D eigenvalue weighted by molar-refractivity contribution is 0.150. The summed E-state index contributed by atoms with van der Waals surface area (Å²) in [4.78, 5) is 0. The summed E-state index contributed by atoms with van der Waals surface area (Å²) in [7, 11) is -3.77. The highest BCUT2D eigenvalue weighted by atomic mass is 31.2. The highest BCUT2D eigenvalue weighted by Crippen LogP contribution is 2.51. The van der Waals surface area contributed by atoms with Crippen molar-refractivity contribution in [3.05, 3.63) is 29.3 Å². The van der Waals surface area contributed by atoms with Crippen molar-refractivity contribution in [2.24, 2.45) is 0 Å². The molecule has 0 spiro atoms. The fraction of sp³-hybridized carbons (Fsp3) is 0.880. The molecule has 55 heavy (non-hydrogen) atoms. The second kappa shape index (κ2) is 33.1. The third kappa shape index (κ3) is 30.0. The van der Waals surface area contributed by atoms with E-state index in [1.54, 1.807) is 0 Å². The minimum absolute atomic E-state index is 0.0633. The van der Waals surface area contributed by atoms with Gasteiger partial charge in [-0.15, -0.1) is 0 Å². The van der Waals surface area contributed by atoms with E-state index in [1.165, 1.54) is 180 Å². The maximum absolute atomic E-state index is 14.2. The van der Waals surface area contributed by atoms with E-state index in [-0.39, 0.29) is 10.8 Å². The van der Waals surface area contributed by atoms with Crippen molar-refractivity contribution >= 4 is 7.82 Å². The SMILES string of the molecule is CCCCCCCCCCCCCCCCCCOP(=O)(OCCCCCCCCCCCCCCCCCC)Oc1cc(C(C)(C)C)cc(C(C)(C)C)c1. The van der Waals surface area contributed by atoms with Crippen LogP contribution in [0.25, 0.3) is 0 Å². The predicted octanol–water partition coefficient (Wildman–Crippen LogP) is 18.3. The summed E-state index contributed by atoms with van der Waals surface area (Å²) < 4.78 is 32.5. The molecule has 0 amide bonds. The predicted molar refractivity (Wildman–Crippen MR) is 243 cm³/mol. The lowest BCUT2D eigenvalue weighted by Gasteiger charge is -2.27. The number of phosphoric ester groups is 1. The Morgan fingerprint density at radius 1 is 0.382 bits per heavy atom. The first-order valence-electron chi connectivity index (χ1n) is 24.2. The van der Waals surface area contributed by atoms with Gasteiger partial charge in [0, 0.05) is 0 Å². The summed E-state index contributed by atoms with van der Waals surface area (Å²) in [5.74, 6) is 0.583. The Morgan fingerprint density at radius 3 is 0.855 bits per heavy atom. The maximum Gasteiger partial charge on any atom is 0.530 e. The fourth-order valence-electron chi connectivity index (χ4n) is 7.39. The molecule has 0 N–H and O–H groups in total. The molecule has 0 aromatic heterocycles. The van der Waals surface area contributed by atoms with Crippen LogP contribution < -0.4 is 4.52 Å². The standard InChI is InChI=1S/C50H95O4P/c1-9-11-13-15-17-19-21-23-25-27-29-31-33-35-37-39-41-52-55(51,54-48-44-46(49(3,4)5)43-47(45-48)50(6,7)8)53-42-40-38-36-34-32-30-28-26-24-22-20-18-16-14-12-10-2/h43-45H,9-42H2,1-8H3. The summed E-state index contributed by atoms with van der Waals surface area (Å²) >= 11 is 0. The van der Waals surface area contributed by atoms with Gasteiger partial charge in [-0.05, 0) is 46.9 Å². The van der Waals surface area contributed by atoms with Crippen LogP contribution >= 0.6 is 7.82 Å². The van der Waals surface area contributed by atoms with Gasteiger partial charge >= 0.3 is 7.82 Å². The molecule has 0 unspecified atom stereocenters. The Hall–Kier alpha value is -0.830. The van der Waals surface area contributed by atoms with Gasteiger partial charge in [-0.3, -0.25) is 9.05 Å². The second-order valence-electron chi connectivity index (χ2n) is 19.1. The second-order valence-corrected chi connectivity index (χ2v) is 20.7. The monoisotopic (exact) mass is 791 g/mol. The zero-order valence-corrected chi connectivity index (χ0v) is 39.2. The molecule has 0 aliphatic rings. The van der Waals surface area contributed by atoms with E-state index in [2.05, 4.69) is 61.5 Å². The lowest BCUT2D eigenvalue weighted by Crippen LogP contribution is -2.16. The van der Waals surface area contributed by atoms with Crippen LogP contribution in [0.3, 0.4) is 0 Å². The molecule has 0 saturated carbocycles. The van der Waals surface area contributed by atoms with Gasteiger partial charge in [0.25, 0.3) is 0 Å². The van der Waals surface area contributed by atoms with Crippen LogP contribution in [-0.2, 0) is 24.4 Å². The van der Waals surface area contributed by atoms with Crippen molar-refractivity contribution in [2.45, 2.75) is 272 Å². The first kappa shape index (κ1) is 52.2. The average molecular weight is 791 g/mol. The third-order valence-corrected chi connectivity index (χ3v) is 12.8. The molecule has 324 valence electrons. The molecule has 1 rings (SSSR count). The average Bonchev–Trinajstić information content (AvgIpc) is 3.13. The van der Waals surface area contributed by atoms with Crippen molar-refractivity contribution in [1.82, 2.24) is 0 Å². The van der Waals surface area contributed by atoms with Crippen molar-refractivity contribution in [3.63, 3.8) is 0 Å². The van der Waals surface area contributed by atoms with E-state index in [4.69, 9.17) is 13.6 Å². The zero-order valence-electron chi connectivity index (χ0n) is 38.4. The molecular weight excluding hydrogens is 696 g/mol. The number of phosphoric acid groups is 1. The van der Waals surface area contributed by atoms with Crippen LogP contribution in [0, 0.1) is 0 Å². The number of unbranched alkanes of at least 4 members (excludes halogenated alkanes) is 30. The molecule has 5 heteroatoms. The van der Waals surface area contributed by atoms with Gasteiger partial charge in [0.2, 0.25) is 0 Å². The molecule has 0 heterocycles. The first-order valence-corrected chi connectivity index (χ1v) is 25.6. The normalized spacial score (nSPS) is 12.5. The molecule has 0 saturated heterocycles. The Bertz CT molecular complexity index is 981. The van der Waals surface area contributed by atoms with Crippen molar-refractivity contribution in [1.29, 1.82) is 0 Å². The van der Waals surface area contributed by atoms with E-state index < -0.39 is 7.82 Å². The molecule has 0 fully saturated rings. The van der Waals surface area contributed by atoms with Gasteiger partial charge in [-0.1, -0.05) is 254 Å². The van der Waals surface area contributed by atoms with Crippen LogP contribution in [-0.4, -0.2) is 13.2 Å². The number of rotatable bonds is 38. The van der Waals surface area contributed by atoms with E-state index in [9.17, 15) is 4.57 Å². The van der Waals surface area contributed by atoms with Crippen LogP contribution in [0.1, 0.15) is 272 Å². The topological polar surface area (TPSA) is 44.8 Å². The molecule has 0 aliphatic carbocycles. The molecule has 0 aliphatic heterocycles. The summed E-state index contributed by atoms with van der Waals surface area (Å²) in [6.45, 7) is 18.6. The number of hydrogen-bond donors (Lipinski definition) is 0. The Morgan fingerprint density at radius 2 is 0.618 bits per heavy atom. The Kier molecular flexibility index (Phi) is 31.4. The highest BCUT2D eigenvalue weighted by Gasteiger charge is 2.30. The minimum atomic E-state index is -3.77. The highest BCUT2D eigenvalue weighted by molar-refractivity contribution is 7.48. The van der Waals surface area contributed by atoms with Crippen LogP contribution in [0.4, 0.5) is 0 Å². The molecule has 0 atom stereocenters. The molecule has 1 aromatic rings. The number of benzene rings is 1. The number of hydrogen-bond acceptors (Lipinski definition) is 4. The van der Waals surface area contributed by atoms with Gasteiger partial charge in [0.15, 0.2) is 0 Å². The fourth-order valence-corrected chi connectivity index (χ4v) is 8.64. The van der Waals surface area contributed by atoms with E-state index in [0.717, 1.165) is 36.8 Å². The van der Waals surface area contributed by atoms with Gasteiger partial charge < -0.3 is 4.52 Å². The lowest BCUT2D eigenvalue weighted by atomic mass is 9.80. The molecular formula is C50H95O4P. The maximum atomic E-state index is 14.2. The third-order valence-electron chi connectivity index (χ3n) is 11.4. The molecule has 0 radical (unpaired) electrons. The van der Waals surface area contributed by atoms with E-state index in [1.807, 2.05) is 12.1 Å². The summed E-state index contributed by atoms with van der Waals surface area (Å²) in [6, 6.07) is 6.31.